The van der Waals surface area contributed by atoms with Crippen LogP contribution in [0.2, 0.25) is 18.1 Å². The molecule has 0 saturated carbocycles. The van der Waals surface area contributed by atoms with E-state index in [0.717, 1.165) is 0 Å². The van der Waals surface area contributed by atoms with E-state index in [-0.39, 0.29) is 24.7 Å². The fourth-order valence-electron chi connectivity index (χ4n) is 2.37. The largest absolute Gasteiger partial charge is 0.408 e. The molecule has 2 N–H and O–H groups in total. The zero-order valence-electron chi connectivity index (χ0n) is 17.8. The van der Waals surface area contributed by atoms with Crippen molar-refractivity contribution in [3.63, 3.8) is 0 Å². The van der Waals surface area contributed by atoms with Gasteiger partial charge < -0.3 is 14.3 Å². The SMILES string of the molecule is [2H]OC[C@H]1O[C@@H](B)[C@@H](OP(=O)(NC)OCCC#N)C1O[Si](C)(C)C(C)(C)C. The van der Waals surface area contributed by atoms with Crippen molar-refractivity contribution in [3.8, 4) is 6.07 Å². The standard InChI is InChI=1S/C15H32BN2O6PSi/c1-15(2,3)26(5,6)24-12-11(10-19)22-14(16)13(12)23-25(20,18-4)21-9-7-8-17/h11-14,19H,7,9-10,16H2,1-6H3,(H,18,20)/t11-,12?,13+,14-,25?/m1/s1/i19D. The molecule has 0 aromatic heterocycles. The van der Waals surface area contributed by atoms with E-state index in [2.05, 4.69) is 44.1 Å². The summed E-state index contributed by atoms with van der Waals surface area (Å²) in [6.45, 7) is 10.6. The van der Waals surface area contributed by atoms with Gasteiger partial charge in [0.1, 0.15) is 26.2 Å². The number of ether oxygens (including phenoxy) is 1. The number of nitrogens with one attached hydrogen (secondary N) is 1. The highest BCUT2D eigenvalue weighted by atomic mass is 31.2. The number of nitrogens with zero attached hydrogens (tertiary/aromatic N) is 1. The Kier molecular flexibility index (Phi) is 7.89. The number of aliphatic hydroxyl groups is 1. The van der Waals surface area contributed by atoms with Gasteiger partial charge in [-0.3, -0.25) is 9.05 Å². The Labute approximate surface area is 160 Å². The fraction of sp³-hybridized carbons (Fsp3) is 0.933. The number of hydrogen-bond donors (Lipinski definition) is 2. The molecule has 1 aliphatic heterocycles. The minimum absolute atomic E-state index is 0.0103. The molecule has 0 aromatic rings. The van der Waals surface area contributed by atoms with Crippen LogP contribution in [-0.2, 0) is 22.8 Å². The highest BCUT2D eigenvalue weighted by molar-refractivity contribution is 7.51. The smallest absolute Gasteiger partial charge is 0.405 e. The van der Waals surface area contributed by atoms with Crippen molar-refractivity contribution in [2.24, 2.45) is 0 Å². The topological polar surface area (TPSA) is 110 Å². The maximum absolute atomic E-state index is 12.9. The van der Waals surface area contributed by atoms with E-state index in [4.69, 9.17) is 24.9 Å². The molecule has 1 saturated heterocycles. The minimum atomic E-state index is -3.64. The molecule has 1 aliphatic rings. The van der Waals surface area contributed by atoms with Gasteiger partial charge in [-0.1, -0.05) is 20.8 Å². The molecule has 150 valence electrons. The molecule has 0 amide bonds. The Morgan fingerprint density at radius 2 is 2.12 bits per heavy atom. The summed E-state index contributed by atoms with van der Waals surface area (Å²) in [6.07, 6.45) is -1.63. The summed E-state index contributed by atoms with van der Waals surface area (Å²) in [4.78, 5) is 0. The molecular weight excluding hydrogens is 374 g/mol. The number of aliphatic hydroxyl groups excluding tert-OH is 1. The van der Waals surface area contributed by atoms with Crippen LogP contribution in [0.4, 0.5) is 0 Å². The molecular formula is C15H32BN2O6PSi. The summed E-state index contributed by atoms with van der Waals surface area (Å²) in [5.41, 5.74) is 0. The fourth-order valence-corrected chi connectivity index (χ4v) is 4.93. The molecule has 5 atom stereocenters. The van der Waals surface area contributed by atoms with E-state index in [0.29, 0.717) is 0 Å². The minimum Gasteiger partial charge on any atom is -0.408 e. The predicted molar refractivity (Wildman–Crippen MR) is 104 cm³/mol. The Bertz CT molecular complexity index is 573. The molecule has 0 aliphatic carbocycles. The first-order valence-electron chi connectivity index (χ1n) is 9.22. The van der Waals surface area contributed by atoms with Gasteiger partial charge in [-0.25, -0.2) is 9.65 Å². The van der Waals surface area contributed by atoms with Crippen LogP contribution in [0.25, 0.3) is 0 Å². The molecule has 2 unspecified atom stereocenters. The molecule has 1 fully saturated rings. The maximum Gasteiger partial charge on any atom is 0.405 e. The predicted octanol–water partition coefficient (Wildman–Crippen LogP) is 1.37. The summed E-state index contributed by atoms with van der Waals surface area (Å²) >= 11 is 0. The molecule has 0 aromatic carbocycles. The van der Waals surface area contributed by atoms with Gasteiger partial charge in [0.25, 0.3) is 0 Å². The lowest BCUT2D eigenvalue weighted by atomic mass is 9.93. The van der Waals surface area contributed by atoms with Crippen molar-refractivity contribution >= 4 is 23.9 Å². The van der Waals surface area contributed by atoms with Gasteiger partial charge in [-0.2, -0.15) is 5.26 Å². The summed E-state index contributed by atoms with van der Waals surface area (Å²) in [5, 5.41) is 15.7. The number of hydrogen-bond acceptors (Lipinski definition) is 7. The lowest BCUT2D eigenvalue weighted by Gasteiger charge is -2.40. The quantitative estimate of drug-likeness (QED) is 0.318. The van der Waals surface area contributed by atoms with Gasteiger partial charge in [0, 0.05) is 0 Å². The first-order valence-corrected chi connectivity index (χ1v) is 13.3. The maximum atomic E-state index is 12.9. The van der Waals surface area contributed by atoms with Gasteiger partial charge >= 0.3 is 7.75 Å². The van der Waals surface area contributed by atoms with Gasteiger partial charge in [0.05, 0.1) is 31.7 Å². The summed E-state index contributed by atoms with van der Waals surface area (Å²) < 4.78 is 43.5. The first-order chi connectivity index (χ1) is 12.4. The van der Waals surface area contributed by atoms with E-state index in [1.807, 2.05) is 6.07 Å². The molecule has 0 radical (unpaired) electrons. The van der Waals surface area contributed by atoms with E-state index in [1.165, 1.54) is 7.05 Å². The lowest BCUT2D eigenvalue weighted by Crippen LogP contribution is -2.50. The summed E-state index contributed by atoms with van der Waals surface area (Å²) in [5.74, 6) is 0. The zero-order chi connectivity index (χ0) is 20.9. The average Bonchev–Trinajstić information content (AvgIpc) is 2.82. The van der Waals surface area contributed by atoms with E-state index >= 15 is 0 Å². The molecule has 1 rings (SSSR count). The third-order valence-corrected chi connectivity index (χ3v) is 11.0. The molecule has 26 heavy (non-hydrogen) atoms. The van der Waals surface area contributed by atoms with Gasteiger partial charge in [-0.15, -0.1) is 0 Å². The van der Waals surface area contributed by atoms with Crippen LogP contribution in [0.1, 0.15) is 27.2 Å². The Balaban J connectivity index is 3.05. The van der Waals surface area contributed by atoms with Gasteiger partial charge in [0.15, 0.2) is 8.32 Å². The van der Waals surface area contributed by atoms with Crippen LogP contribution < -0.4 is 5.09 Å². The highest BCUT2D eigenvalue weighted by Crippen LogP contribution is 2.48. The van der Waals surface area contributed by atoms with E-state index in [9.17, 15) is 4.57 Å². The second-order valence-electron chi connectivity index (χ2n) is 7.92. The number of rotatable bonds is 10. The average molecular weight is 407 g/mol. The zero-order valence-corrected chi connectivity index (χ0v) is 18.7. The monoisotopic (exact) mass is 407 g/mol. The van der Waals surface area contributed by atoms with Crippen LogP contribution in [0.3, 0.4) is 0 Å². The van der Waals surface area contributed by atoms with Gasteiger partial charge in [-0.05, 0) is 25.2 Å². The third-order valence-electron chi connectivity index (χ3n) is 4.95. The third kappa shape index (κ3) is 5.88. The molecule has 0 spiro atoms. The second kappa shape index (κ2) is 9.31. The van der Waals surface area contributed by atoms with Gasteiger partial charge in [0.2, 0.25) is 1.43 Å². The van der Waals surface area contributed by atoms with Crippen LogP contribution in [0.15, 0.2) is 0 Å². The Morgan fingerprint density at radius 1 is 1.46 bits per heavy atom. The second-order valence-corrected chi connectivity index (χ2v) is 14.6. The van der Waals surface area contributed by atoms with Crippen molar-refractivity contribution in [3.05, 3.63) is 0 Å². The van der Waals surface area contributed by atoms with E-state index < -0.39 is 40.4 Å². The Hall–Kier alpha value is -0.238. The summed E-state index contributed by atoms with van der Waals surface area (Å²) in [6, 6.07) is 1.51. The number of nitriles is 1. The van der Waals surface area contributed by atoms with Crippen LogP contribution >= 0.6 is 7.75 Å². The van der Waals surface area contributed by atoms with Crippen LogP contribution in [-0.4, -0.2) is 67.3 Å². The first kappa shape index (κ1) is 22.1. The normalized spacial score (nSPS) is 29.8. The lowest BCUT2D eigenvalue weighted by molar-refractivity contribution is -0.00288. The molecule has 8 nitrogen and oxygen atoms in total. The van der Waals surface area contributed by atoms with Crippen molar-refractivity contribution in [2.45, 2.75) is 69.6 Å². The van der Waals surface area contributed by atoms with Crippen molar-refractivity contribution in [1.82, 2.24) is 5.09 Å². The van der Waals surface area contributed by atoms with Crippen molar-refractivity contribution in [2.75, 3.05) is 20.3 Å². The summed E-state index contributed by atoms with van der Waals surface area (Å²) in [7, 11) is -2.57. The molecule has 0 bridgehead atoms. The van der Waals surface area contributed by atoms with Crippen LogP contribution in [0, 0.1) is 11.3 Å². The Morgan fingerprint density at radius 3 is 2.62 bits per heavy atom. The highest BCUT2D eigenvalue weighted by Gasteiger charge is 2.51. The molecule has 11 heteroatoms. The van der Waals surface area contributed by atoms with Crippen molar-refractivity contribution in [1.29, 1.82) is 6.69 Å². The van der Waals surface area contributed by atoms with E-state index in [1.54, 1.807) is 7.85 Å². The molecule has 1 heterocycles. The van der Waals surface area contributed by atoms with Crippen LogP contribution in [0.5, 0.6) is 0 Å². The van der Waals surface area contributed by atoms with Crippen molar-refractivity contribution < 1.29 is 27.9 Å².